The number of imidazole rings is 1. The Kier molecular flexibility index (Phi) is 3.98. The first kappa shape index (κ1) is 17.8. The molecule has 3 aliphatic carbocycles. The average molecular weight is 396 g/mol. The molecular formula is C25H25N5. The summed E-state index contributed by atoms with van der Waals surface area (Å²) in [6.07, 6.45) is 11.2. The second-order valence-corrected chi connectivity index (χ2v) is 9.00. The third-order valence-corrected chi connectivity index (χ3v) is 7.19. The van der Waals surface area contributed by atoms with Crippen molar-refractivity contribution in [2.45, 2.75) is 50.9 Å². The molecule has 1 N–H and O–H groups in total. The molecule has 3 saturated carbocycles. The minimum atomic E-state index is 0.197. The van der Waals surface area contributed by atoms with Crippen molar-refractivity contribution in [2.75, 3.05) is 0 Å². The highest BCUT2D eigenvalue weighted by molar-refractivity contribution is 5.84. The minimum absolute atomic E-state index is 0.197. The topological polar surface area (TPSA) is 67.3 Å². The zero-order valence-electron chi connectivity index (χ0n) is 17.2. The predicted molar refractivity (Wildman–Crippen MR) is 118 cm³/mol. The highest BCUT2D eigenvalue weighted by Crippen LogP contribution is 2.51. The smallest absolute Gasteiger partial charge is 0.113 e. The van der Waals surface area contributed by atoms with Crippen LogP contribution in [0.5, 0.6) is 0 Å². The Labute approximate surface area is 176 Å². The van der Waals surface area contributed by atoms with Crippen LogP contribution < -0.4 is 0 Å². The Morgan fingerprint density at radius 1 is 0.900 bits per heavy atom. The van der Waals surface area contributed by atoms with Crippen LogP contribution in [-0.4, -0.2) is 24.9 Å². The molecule has 5 nitrogen and oxygen atoms in total. The fourth-order valence-electron chi connectivity index (χ4n) is 5.42. The highest BCUT2D eigenvalue weighted by Gasteiger charge is 2.44. The van der Waals surface area contributed by atoms with Gasteiger partial charge in [-0.05, 0) is 75.6 Å². The molecule has 7 rings (SSSR count). The molecule has 0 amide bonds. The molecule has 30 heavy (non-hydrogen) atoms. The Hall–Kier alpha value is -3.08. The van der Waals surface area contributed by atoms with Crippen molar-refractivity contribution in [3.63, 3.8) is 0 Å². The van der Waals surface area contributed by atoms with Crippen LogP contribution in [0.2, 0.25) is 0 Å². The van der Waals surface area contributed by atoms with Crippen molar-refractivity contribution in [1.29, 1.82) is 0 Å². The van der Waals surface area contributed by atoms with Crippen LogP contribution in [0, 0.1) is 12.8 Å². The van der Waals surface area contributed by atoms with Crippen molar-refractivity contribution < 1.29 is 0 Å². The predicted octanol–water partition coefficient (Wildman–Crippen LogP) is 5.61. The minimum Gasteiger partial charge on any atom is -0.340 e. The van der Waals surface area contributed by atoms with Gasteiger partial charge in [-0.15, -0.1) is 0 Å². The molecule has 0 radical (unpaired) electrons. The fourth-order valence-corrected chi connectivity index (χ4v) is 5.42. The van der Waals surface area contributed by atoms with Gasteiger partial charge >= 0.3 is 0 Å². The van der Waals surface area contributed by atoms with Crippen molar-refractivity contribution >= 4 is 11.0 Å². The lowest BCUT2D eigenvalue weighted by Crippen LogP contribution is -2.38. The Morgan fingerprint density at radius 2 is 1.67 bits per heavy atom. The van der Waals surface area contributed by atoms with Crippen molar-refractivity contribution in [3.05, 3.63) is 60.3 Å². The first-order valence-corrected chi connectivity index (χ1v) is 11.0. The molecule has 3 aliphatic rings. The van der Waals surface area contributed by atoms with Gasteiger partial charge in [-0.25, -0.2) is 4.98 Å². The van der Waals surface area contributed by atoms with E-state index in [9.17, 15) is 0 Å². The monoisotopic (exact) mass is 395 g/mol. The summed E-state index contributed by atoms with van der Waals surface area (Å²) in [7, 11) is 0. The Balaban J connectivity index is 1.54. The van der Waals surface area contributed by atoms with Crippen molar-refractivity contribution in [1.82, 2.24) is 24.9 Å². The van der Waals surface area contributed by atoms with Crippen LogP contribution in [0.4, 0.5) is 0 Å². The molecule has 1 aromatic carbocycles. The van der Waals surface area contributed by atoms with E-state index in [2.05, 4.69) is 39.2 Å². The zero-order chi connectivity index (χ0) is 20.1. The normalized spacial score (nSPS) is 23.2. The third kappa shape index (κ3) is 2.83. The number of hydrogen-bond acceptors (Lipinski definition) is 4. The number of pyridine rings is 1. The maximum atomic E-state index is 5.24. The molecule has 3 aromatic heterocycles. The number of fused-ring (bicyclic) bond motifs is 4. The molecule has 0 saturated heterocycles. The van der Waals surface area contributed by atoms with Gasteiger partial charge in [0.1, 0.15) is 5.82 Å². The van der Waals surface area contributed by atoms with E-state index < -0.39 is 0 Å². The largest absolute Gasteiger partial charge is 0.340 e. The van der Waals surface area contributed by atoms with E-state index in [1.807, 2.05) is 19.1 Å². The number of hydrogen-bond donors (Lipinski definition) is 1. The van der Waals surface area contributed by atoms with E-state index in [0.29, 0.717) is 0 Å². The van der Waals surface area contributed by atoms with Gasteiger partial charge in [0.05, 0.1) is 28.1 Å². The van der Waals surface area contributed by atoms with Gasteiger partial charge in [-0.1, -0.05) is 12.1 Å². The van der Waals surface area contributed by atoms with Gasteiger partial charge < -0.3 is 4.98 Å². The van der Waals surface area contributed by atoms with Gasteiger partial charge in [0.25, 0.3) is 0 Å². The van der Waals surface area contributed by atoms with Crippen LogP contribution in [0.1, 0.15) is 50.0 Å². The third-order valence-electron chi connectivity index (χ3n) is 7.19. The van der Waals surface area contributed by atoms with E-state index >= 15 is 0 Å². The van der Waals surface area contributed by atoms with Gasteiger partial charge in [0.2, 0.25) is 0 Å². The Bertz CT molecular complexity index is 1220. The molecule has 0 unspecified atom stereocenters. The summed E-state index contributed by atoms with van der Waals surface area (Å²) in [5, 5.41) is 0. The molecule has 0 spiro atoms. The second kappa shape index (κ2) is 6.73. The van der Waals surface area contributed by atoms with Crippen LogP contribution in [0.15, 0.2) is 48.8 Å². The van der Waals surface area contributed by atoms with Gasteiger partial charge in [-0.2, -0.15) is 0 Å². The van der Waals surface area contributed by atoms with Crippen molar-refractivity contribution in [2.24, 2.45) is 5.92 Å². The lowest BCUT2D eigenvalue weighted by molar-refractivity contribution is 0.129. The molecule has 2 bridgehead atoms. The standard InChI is InChI=1S/C25H25N5/c1-16-3-2-4-20(28-16)23-22(18-5-6-19-21(15-18)27-14-13-26-19)29-24(30-23)25-10-7-17(8-11-25)9-12-25/h2-6,13-15,17H,7-12H2,1H3,(H,29,30). The fraction of sp³-hybridized carbons (Fsp3) is 0.360. The maximum absolute atomic E-state index is 5.24. The van der Waals surface area contributed by atoms with E-state index in [-0.39, 0.29) is 5.41 Å². The van der Waals surface area contributed by atoms with Gasteiger partial charge in [-0.3, -0.25) is 15.0 Å². The second-order valence-electron chi connectivity index (χ2n) is 9.00. The van der Waals surface area contributed by atoms with E-state index in [1.54, 1.807) is 12.4 Å². The highest BCUT2D eigenvalue weighted by atomic mass is 15.0. The average Bonchev–Trinajstić information content (AvgIpc) is 3.27. The van der Waals surface area contributed by atoms with Crippen LogP contribution in [-0.2, 0) is 5.41 Å². The molecule has 5 heteroatoms. The summed E-state index contributed by atoms with van der Waals surface area (Å²) in [5.74, 6) is 2.08. The van der Waals surface area contributed by atoms with Gasteiger partial charge in [0.15, 0.2) is 0 Å². The molecule has 3 heterocycles. The molecule has 4 aromatic rings. The molecule has 0 aliphatic heterocycles. The number of nitrogens with one attached hydrogen (secondary N) is 1. The summed E-state index contributed by atoms with van der Waals surface area (Å²) >= 11 is 0. The zero-order valence-corrected chi connectivity index (χ0v) is 17.2. The maximum Gasteiger partial charge on any atom is 0.113 e. The molecule has 3 fully saturated rings. The lowest BCUT2D eigenvalue weighted by Gasteiger charge is -2.45. The summed E-state index contributed by atoms with van der Waals surface area (Å²) in [4.78, 5) is 22.7. The summed E-state index contributed by atoms with van der Waals surface area (Å²) in [6.45, 7) is 2.03. The van der Waals surface area contributed by atoms with E-state index in [1.165, 1.54) is 38.5 Å². The van der Waals surface area contributed by atoms with Crippen LogP contribution in [0.3, 0.4) is 0 Å². The van der Waals surface area contributed by atoms with E-state index in [0.717, 1.165) is 51.1 Å². The van der Waals surface area contributed by atoms with Crippen molar-refractivity contribution in [3.8, 4) is 22.6 Å². The first-order valence-electron chi connectivity index (χ1n) is 11.0. The van der Waals surface area contributed by atoms with E-state index in [4.69, 9.17) is 9.97 Å². The molecular weight excluding hydrogens is 370 g/mol. The summed E-state index contributed by atoms with van der Waals surface area (Å²) in [5.41, 5.74) is 6.98. The number of H-pyrrole nitrogens is 1. The first-order chi connectivity index (χ1) is 14.7. The molecule has 150 valence electrons. The summed E-state index contributed by atoms with van der Waals surface area (Å²) < 4.78 is 0. The van der Waals surface area contributed by atoms with Crippen LogP contribution >= 0.6 is 0 Å². The lowest BCUT2D eigenvalue weighted by atomic mass is 9.60. The summed E-state index contributed by atoms with van der Waals surface area (Å²) in [6, 6.07) is 12.4. The quantitative estimate of drug-likeness (QED) is 0.489. The number of benzene rings is 1. The van der Waals surface area contributed by atoms with Crippen LogP contribution in [0.25, 0.3) is 33.7 Å². The number of nitrogens with zero attached hydrogens (tertiary/aromatic N) is 4. The number of aromatic nitrogens is 5. The number of rotatable bonds is 3. The van der Waals surface area contributed by atoms with Gasteiger partial charge in [0, 0.05) is 29.1 Å². The number of aromatic amines is 1. The number of aryl methyl sites for hydroxylation is 1. The molecule has 0 atom stereocenters. The Morgan fingerprint density at radius 3 is 2.43 bits per heavy atom. The SMILES string of the molecule is Cc1cccc(-c2[nH]c(C34CCC(CC3)CC4)nc2-c2ccc3nccnc3c2)n1.